The fourth-order valence-electron chi connectivity index (χ4n) is 3.88. The first-order valence-corrected chi connectivity index (χ1v) is 10.8. The first-order chi connectivity index (χ1) is 14.4. The average molecular weight is 429 g/mol. The molecular formula is C18H19N7O4S. The Hall–Kier alpha value is -3.25. The van der Waals surface area contributed by atoms with Gasteiger partial charge in [0, 0.05) is 25.2 Å². The van der Waals surface area contributed by atoms with Gasteiger partial charge in [0.2, 0.25) is 10.0 Å². The van der Waals surface area contributed by atoms with Gasteiger partial charge in [0.1, 0.15) is 12.9 Å². The molecule has 5 rings (SSSR count). The largest absolute Gasteiger partial charge is 0.447 e. The predicted molar refractivity (Wildman–Crippen MR) is 106 cm³/mol. The molecule has 1 unspecified atom stereocenters. The smallest absolute Gasteiger partial charge is 0.410 e. The molecule has 2 aliphatic heterocycles. The molecule has 3 aromatic rings. The Morgan fingerprint density at radius 1 is 1.23 bits per heavy atom. The number of fused-ring (bicyclic) bond motifs is 2. The minimum absolute atomic E-state index is 0.166. The van der Waals surface area contributed by atoms with Gasteiger partial charge in [-0.25, -0.2) is 27.7 Å². The van der Waals surface area contributed by atoms with Crippen molar-refractivity contribution in [2.75, 3.05) is 32.0 Å². The lowest BCUT2D eigenvalue weighted by molar-refractivity contribution is 0.147. The van der Waals surface area contributed by atoms with Gasteiger partial charge >= 0.3 is 6.09 Å². The standard InChI is InChI=1S/C18H19N7O4S/c1-11-2-3-13(6-14(11)15-7-20-17-16(19)21-10-22-25(15)17)30(27,28)23-4-5-24-12(8-23)9-29-18(24)26/h2-3,6-7,10,12H,4-5,8-9H2,1H3,(H2,19,21,22). The molecule has 2 aliphatic rings. The van der Waals surface area contributed by atoms with E-state index in [4.69, 9.17) is 10.5 Å². The summed E-state index contributed by atoms with van der Waals surface area (Å²) in [4.78, 5) is 21.6. The third-order valence-corrected chi connectivity index (χ3v) is 7.39. The van der Waals surface area contributed by atoms with E-state index in [1.54, 1.807) is 33.8 Å². The average Bonchev–Trinajstić information content (AvgIpc) is 3.33. The maximum Gasteiger partial charge on any atom is 0.410 e. The van der Waals surface area contributed by atoms with Crippen LogP contribution in [-0.2, 0) is 14.8 Å². The molecular weight excluding hydrogens is 410 g/mol. The number of imidazole rings is 1. The van der Waals surface area contributed by atoms with E-state index in [2.05, 4.69) is 15.1 Å². The zero-order chi connectivity index (χ0) is 21.0. The van der Waals surface area contributed by atoms with Crippen LogP contribution in [-0.4, -0.2) is 75.6 Å². The molecule has 11 nitrogen and oxygen atoms in total. The lowest BCUT2D eigenvalue weighted by atomic mass is 10.1. The van der Waals surface area contributed by atoms with Crippen LogP contribution in [0.25, 0.3) is 16.9 Å². The molecule has 156 valence electrons. The lowest BCUT2D eigenvalue weighted by Crippen LogP contribution is -2.53. The molecule has 4 heterocycles. The molecule has 2 fully saturated rings. The number of amides is 1. The second-order valence-corrected chi connectivity index (χ2v) is 9.23. The molecule has 0 bridgehead atoms. The van der Waals surface area contributed by atoms with Gasteiger partial charge in [-0.05, 0) is 24.6 Å². The second-order valence-electron chi connectivity index (χ2n) is 7.29. The van der Waals surface area contributed by atoms with Crippen LogP contribution in [0.2, 0.25) is 0 Å². The monoisotopic (exact) mass is 429 g/mol. The van der Waals surface area contributed by atoms with Crippen molar-refractivity contribution >= 4 is 27.6 Å². The van der Waals surface area contributed by atoms with Gasteiger partial charge in [0.05, 0.1) is 22.8 Å². The summed E-state index contributed by atoms with van der Waals surface area (Å²) < 4.78 is 34.6. The molecule has 0 aliphatic carbocycles. The number of aryl methyl sites for hydroxylation is 1. The molecule has 1 amide bonds. The van der Waals surface area contributed by atoms with E-state index in [9.17, 15) is 13.2 Å². The summed E-state index contributed by atoms with van der Waals surface area (Å²) in [5.41, 5.74) is 8.43. The van der Waals surface area contributed by atoms with Crippen molar-refractivity contribution in [3.63, 3.8) is 0 Å². The predicted octanol–water partition coefficient (Wildman–Crippen LogP) is 0.507. The third-order valence-electron chi connectivity index (χ3n) is 5.53. The van der Waals surface area contributed by atoms with E-state index < -0.39 is 10.0 Å². The van der Waals surface area contributed by atoms with E-state index >= 15 is 0 Å². The number of anilines is 1. The number of piperazine rings is 1. The van der Waals surface area contributed by atoms with Gasteiger partial charge in [-0.15, -0.1) is 0 Å². The van der Waals surface area contributed by atoms with Gasteiger partial charge < -0.3 is 10.5 Å². The normalized spacial score (nSPS) is 19.8. The highest BCUT2D eigenvalue weighted by Gasteiger charge is 2.41. The van der Waals surface area contributed by atoms with Crippen molar-refractivity contribution in [2.24, 2.45) is 0 Å². The van der Waals surface area contributed by atoms with E-state index in [1.165, 1.54) is 10.6 Å². The van der Waals surface area contributed by atoms with Gasteiger partial charge in [0.25, 0.3) is 0 Å². The van der Waals surface area contributed by atoms with E-state index in [1.807, 2.05) is 6.92 Å². The summed E-state index contributed by atoms with van der Waals surface area (Å²) in [5, 5.41) is 4.20. The highest BCUT2D eigenvalue weighted by molar-refractivity contribution is 7.89. The van der Waals surface area contributed by atoms with Gasteiger partial charge in [-0.1, -0.05) is 6.07 Å². The van der Waals surface area contributed by atoms with Crippen LogP contribution < -0.4 is 5.73 Å². The number of sulfonamides is 1. The Balaban J connectivity index is 1.53. The molecule has 2 N–H and O–H groups in total. The van der Waals surface area contributed by atoms with Crippen LogP contribution in [0, 0.1) is 6.92 Å². The minimum atomic E-state index is -3.76. The number of hydrogen-bond acceptors (Lipinski definition) is 8. The summed E-state index contributed by atoms with van der Waals surface area (Å²) in [6.07, 6.45) is 2.54. The van der Waals surface area contributed by atoms with Crippen LogP contribution in [0.4, 0.5) is 10.6 Å². The van der Waals surface area contributed by atoms with E-state index in [0.717, 1.165) is 5.56 Å². The number of cyclic esters (lactones) is 1. The molecule has 2 saturated heterocycles. The fourth-order valence-corrected chi connectivity index (χ4v) is 5.38. The number of carbonyl (C=O) groups excluding carboxylic acids is 1. The Bertz CT molecular complexity index is 1270. The molecule has 1 atom stereocenters. The minimum Gasteiger partial charge on any atom is -0.447 e. The Kier molecular flexibility index (Phi) is 4.15. The van der Waals surface area contributed by atoms with Gasteiger partial charge in [-0.2, -0.15) is 9.40 Å². The van der Waals surface area contributed by atoms with Gasteiger partial charge in [0.15, 0.2) is 11.5 Å². The number of aromatic nitrogens is 4. The Labute approximate surface area is 172 Å². The highest BCUT2D eigenvalue weighted by atomic mass is 32.2. The maximum atomic E-state index is 13.3. The number of ether oxygens (including phenoxy) is 1. The fraction of sp³-hybridized carbons (Fsp3) is 0.333. The number of carbonyl (C=O) groups is 1. The Morgan fingerprint density at radius 3 is 2.90 bits per heavy atom. The molecule has 0 spiro atoms. The zero-order valence-corrected chi connectivity index (χ0v) is 16.9. The molecule has 2 aromatic heterocycles. The SMILES string of the molecule is Cc1ccc(S(=O)(=O)N2CCN3C(=O)OCC3C2)cc1-c1cnc2c(N)ncnn12. The van der Waals surface area contributed by atoms with Crippen molar-refractivity contribution in [3.05, 3.63) is 36.3 Å². The zero-order valence-electron chi connectivity index (χ0n) is 16.1. The van der Waals surface area contributed by atoms with E-state index in [-0.39, 0.29) is 42.5 Å². The van der Waals surface area contributed by atoms with Crippen molar-refractivity contribution in [1.29, 1.82) is 0 Å². The van der Waals surface area contributed by atoms with Crippen molar-refractivity contribution in [3.8, 4) is 11.3 Å². The summed E-state index contributed by atoms with van der Waals surface area (Å²) in [7, 11) is -3.76. The molecule has 1 aromatic carbocycles. The summed E-state index contributed by atoms with van der Waals surface area (Å²) in [5.74, 6) is 0.240. The number of rotatable bonds is 3. The number of benzene rings is 1. The van der Waals surface area contributed by atoms with Crippen LogP contribution in [0.3, 0.4) is 0 Å². The van der Waals surface area contributed by atoms with Crippen molar-refractivity contribution < 1.29 is 17.9 Å². The summed E-state index contributed by atoms with van der Waals surface area (Å²) >= 11 is 0. The van der Waals surface area contributed by atoms with Crippen LogP contribution in [0.1, 0.15) is 5.56 Å². The molecule has 0 radical (unpaired) electrons. The number of nitrogens with two attached hydrogens (primary N) is 1. The van der Waals surface area contributed by atoms with E-state index in [0.29, 0.717) is 23.4 Å². The first kappa shape index (κ1) is 18.8. The molecule has 12 heteroatoms. The molecule has 0 saturated carbocycles. The Morgan fingerprint density at radius 2 is 2.07 bits per heavy atom. The maximum absolute atomic E-state index is 13.3. The quantitative estimate of drug-likeness (QED) is 0.636. The summed E-state index contributed by atoms with van der Waals surface area (Å²) in [6, 6.07) is 4.70. The second kappa shape index (κ2) is 6.64. The topological polar surface area (TPSA) is 136 Å². The van der Waals surface area contributed by atoms with Crippen LogP contribution in [0.5, 0.6) is 0 Å². The first-order valence-electron chi connectivity index (χ1n) is 9.35. The third kappa shape index (κ3) is 2.79. The van der Waals surface area contributed by atoms with Gasteiger partial charge in [-0.3, -0.25) is 4.90 Å². The number of hydrogen-bond donors (Lipinski definition) is 1. The van der Waals surface area contributed by atoms with Crippen LogP contribution in [0.15, 0.2) is 35.6 Å². The highest BCUT2D eigenvalue weighted by Crippen LogP contribution is 2.30. The summed E-state index contributed by atoms with van der Waals surface area (Å²) in [6.45, 7) is 2.82. The molecule has 30 heavy (non-hydrogen) atoms. The lowest BCUT2D eigenvalue weighted by Gasteiger charge is -2.34. The van der Waals surface area contributed by atoms with Crippen LogP contribution >= 0.6 is 0 Å². The van der Waals surface area contributed by atoms with Crippen molar-refractivity contribution in [2.45, 2.75) is 17.9 Å². The number of nitrogens with zero attached hydrogens (tertiary/aromatic N) is 6. The number of nitrogen functional groups attached to an aromatic ring is 1. The van der Waals surface area contributed by atoms with Crippen molar-refractivity contribution in [1.82, 2.24) is 28.8 Å².